The number of anilines is 1. The van der Waals surface area contributed by atoms with Crippen LogP contribution in [0.3, 0.4) is 0 Å². The molecule has 0 saturated carbocycles. The average Bonchev–Trinajstić information content (AvgIpc) is 3.00. The predicted molar refractivity (Wildman–Crippen MR) is 91.8 cm³/mol. The second-order valence-corrected chi connectivity index (χ2v) is 6.62. The number of piperidine rings is 1. The second-order valence-electron chi connectivity index (χ2n) is 6.62. The summed E-state index contributed by atoms with van der Waals surface area (Å²) in [6.07, 6.45) is 3.06. The molecule has 23 heavy (non-hydrogen) atoms. The first-order valence-electron chi connectivity index (χ1n) is 8.43. The fourth-order valence-electron chi connectivity index (χ4n) is 3.48. The minimum Gasteiger partial charge on any atom is -0.394 e. The Morgan fingerprint density at radius 2 is 2.04 bits per heavy atom. The van der Waals surface area contributed by atoms with Gasteiger partial charge in [0, 0.05) is 30.8 Å². The SMILES string of the molecule is CC1=NN(c2ccc(C(=O)N3CCCC(C)C3CO)cc2)CC1. The molecule has 124 valence electrons. The summed E-state index contributed by atoms with van der Waals surface area (Å²) < 4.78 is 0. The lowest BCUT2D eigenvalue weighted by molar-refractivity contribution is 0.0358. The van der Waals surface area contributed by atoms with Gasteiger partial charge in [-0.1, -0.05) is 6.92 Å². The van der Waals surface area contributed by atoms with E-state index >= 15 is 0 Å². The molecule has 0 aliphatic carbocycles. The molecule has 1 saturated heterocycles. The van der Waals surface area contributed by atoms with E-state index in [0.29, 0.717) is 11.5 Å². The van der Waals surface area contributed by atoms with Crippen molar-refractivity contribution in [3.63, 3.8) is 0 Å². The molecule has 1 aromatic carbocycles. The third kappa shape index (κ3) is 3.24. The molecule has 2 unspecified atom stereocenters. The molecule has 0 radical (unpaired) electrons. The minimum atomic E-state index is -0.0678. The van der Waals surface area contributed by atoms with Gasteiger partial charge < -0.3 is 10.0 Å². The summed E-state index contributed by atoms with van der Waals surface area (Å²) >= 11 is 0. The van der Waals surface area contributed by atoms with Gasteiger partial charge in [-0.05, 0) is 49.9 Å². The maximum Gasteiger partial charge on any atom is 0.254 e. The van der Waals surface area contributed by atoms with Crippen LogP contribution >= 0.6 is 0 Å². The van der Waals surface area contributed by atoms with Crippen molar-refractivity contribution in [1.82, 2.24) is 4.90 Å². The molecular formula is C18H25N3O2. The van der Waals surface area contributed by atoms with Crippen molar-refractivity contribution in [2.75, 3.05) is 24.7 Å². The van der Waals surface area contributed by atoms with E-state index in [1.165, 1.54) is 0 Å². The van der Waals surface area contributed by atoms with E-state index in [-0.39, 0.29) is 18.6 Å². The first-order chi connectivity index (χ1) is 11.1. The second kappa shape index (κ2) is 6.71. The van der Waals surface area contributed by atoms with Gasteiger partial charge in [-0.3, -0.25) is 9.80 Å². The lowest BCUT2D eigenvalue weighted by atomic mass is 9.90. The van der Waals surface area contributed by atoms with Crippen LogP contribution in [0, 0.1) is 5.92 Å². The highest BCUT2D eigenvalue weighted by Gasteiger charge is 2.31. The zero-order valence-corrected chi connectivity index (χ0v) is 13.9. The number of amides is 1. The van der Waals surface area contributed by atoms with Crippen LogP contribution in [0.1, 0.15) is 43.5 Å². The molecule has 5 nitrogen and oxygen atoms in total. The number of carbonyl (C=O) groups is 1. The zero-order chi connectivity index (χ0) is 16.4. The first-order valence-corrected chi connectivity index (χ1v) is 8.43. The summed E-state index contributed by atoms with van der Waals surface area (Å²) in [7, 11) is 0. The lowest BCUT2D eigenvalue weighted by Crippen LogP contribution is -2.49. The van der Waals surface area contributed by atoms with Gasteiger partial charge in [-0.15, -0.1) is 0 Å². The van der Waals surface area contributed by atoms with Gasteiger partial charge in [0.05, 0.1) is 18.3 Å². The Balaban J connectivity index is 1.75. The van der Waals surface area contributed by atoms with Crippen molar-refractivity contribution in [3.05, 3.63) is 29.8 Å². The third-order valence-electron chi connectivity index (χ3n) is 4.95. The number of hydrazone groups is 1. The van der Waals surface area contributed by atoms with Crippen molar-refractivity contribution < 1.29 is 9.90 Å². The monoisotopic (exact) mass is 315 g/mol. The molecule has 5 heteroatoms. The summed E-state index contributed by atoms with van der Waals surface area (Å²) in [4.78, 5) is 14.6. The van der Waals surface area contributed by atoms with Crippen LogP contribution < -0.4 is 5.01 Å². The Morgan fingerprint density at radius 1 is 1.30 bits per heavy atom. The molecule has 2 heterocycles. The average molecular weight is 315 g/mol. The summed E-state index contributed by atoms with van der Waals surface area (Å²) in [5, 5.41) is 16.1. The number of aliphatic hydroxyl groups is 1. The quantitative estimate of drug-likeness (QED) is 0.932. The smallest absolute Gasteiger partial charge is 0.254 e. The van der Waals surface area contributed by atoms with Gasteiger partial charge in [0.1, 0.15) is 0 Å². The molecule has 2 aliphatic heterocycles. The van der Waals surface area contributed by atoms with Crippen LogP contribution in [0.15, 0.2) is 29.4 Å². The number of nitrogens with zero attached hydrogens (tertiary/aromatic N) is 3. The maximum atomic E-state index is 12.8. The number of carbonyl (C=O) groups excluding carboxylic acids is 1. The Kier molecular flexibility index (Phi) is 4.66. The molecule has 0 bridgehead atoms. The lowest BCUT2D eigenvalue weighted by Gasteiger charge is -2.39. The van der Waals surface area contributed by atoms with Crippen LogP contribution in [-0.2, 0) is 0 Å². The highest BCUT2D eigenvalue weighted by molar-refractivity contribution is 5.95. The van der Waals surface area contributed by atoms with Crippen molar-refractivity contribution in [2.45, 2.75) is 39.2 Å². The molecular weight excluding hydrogens is 290 g/mol. The number of hydrogen-bond acceptors (Lipinski definition) is 4. The molecule has 1 N–H and O–H groups in total. The number of likely N-dealkylation sites (tertiary alicyclic amines) is 1. The van der Waals surface area contributed by atoms with Gasteiger partial charge in [-0.25, -0.2) is 0 Å². The summed E-state index contributed by atoms with van der Waals surface area (Å²) in [5.74, 6) is 0.363. The summed E-state index contributed by atoms with van der Waals surface area (Å²) in [6.45, 7) is 5.80. The van der Waals surface area contributed by atoms with E-state index in [2.05, 4.69) is 12.0 Å². The molecule has 3 rings (SSSR count). The molecule has 0 aromatic heterocycles. The Labute approximate surface area is 137 Å². The Bertz CT molecular complexity index is 597. The van der Waals surface area contributed by atoms with E-state index < -0.39 is 0 Å². The fraction of sp³-hybridized carbons (Fsp3) is 0.556. The largest absolute Gasteiger partial charge is 0.394 e. The molecule has 2 aliphatic rings. The summed E-state index contributed by atoms with van der Waals surface area (Å²) in [6, 6.07) is 7.58. The first kappa shape index (κ1) is 16.0. The van der Waals surface area contributed by atoms with Gasteiger partial charge in [0.25, 0.3) is 5.91 Å². The summed E-state index contributed by atoms with van der Waals surface area (Å²) in [5.41, 5.74) is 2.84. The van der Waals surface area contributed by atoms with Crippen LogP contribution in [0.4, 0.5) is 5.69 Å². The molecule has 1 fully saturated rings. The van der Waals surface area contributed by atoms with Crippen molar-refractivity contribution in [2.24, 2.45) is 11.0 Å². The van der Waals surface area contributed by atoms with Crippen molar-refractivity contribution in [3.8, 4) is 0 Å². The molecule has 1 aromatic rings. The van der Waals surface area contributed by atoms with Gasteiger partial charge in [-0.2, -0.15) is 5.10 Å². The number of hydrogen-bond donors (Lipinski definition) is 1. The Morgan fingerprint density at radius 3 is 2.65 bits per heavy atom. The minimum absolute atomic E-state index is 0.0169. The Hall–Kier alpha value is -1.88. The van der Waals surface area contributed by atoms with Crippen molar-refractivity contribution in [1.29, 1.82) is 0 Å². The van der Waals surface area contributed by atoms with Crippen LogP contribution in [-0.4, -0.2) is 47.4 Å². The van der Waals surface area contributed by atoms with Crippen LogP contribution in [0.5, 0.6) is 0 Å². The number of aliphatic hydroxyl groups excluding tert-OH is 1. The standard InChI is InChI=1S/C18H25N3O2/c1-13-4-3-10-20(17(13)12-22)18(23)15-5-7-16(8-6-15)21-11-9-14(2)19-21/h5-8,13,17,22H,3-4,9-12H2,1-2H3. The van der Waals surface area contributed by atoms with E-state index in [1.54, 1.807) is 0 Å². The number of benzene rings is 1. The van der Waals surface area contributed by atoms with E-state index in [4.69, 9.17) is 0 Å². The van der Waals surface area contributed by atoms with Gasteiger partial charge in [0.2, 0.25) is 0 Å². The maximum absolute atomic E-state index is 12.8. The van der Waals surface area contributed by atoms with E-state index in [9.17, 15) is 9.90 Å². The van der Waals surface area contributed by atoms with Crippen molar-refractivity contribution >= 4 is 17.3 Å². The molecule has 1 amide bonds. The fourth-order valence-corrected chi connectivity index (χ4v) is 3.48. The van der Waals surface area contributed by atoms with Gasteiger partial charge in [0.15, 0.2) is 0 Å². The van der Waals surface area contributed by atoms with E-state index in [0.717, 1.165) is 43.8 Å². The van der Waals surface area contributed by atoms with Gasteiger partial charge >= 0.3 is 0 Å². The number of rotatable bonds is 3. The highest BCUT2D eigenvalue weighted by Crippen LogP contribution is 2.26. The topological polar surface area (TPSA) is 56.1 Å². The van der Waals surface area contributed by atoms with E-state index in [1.807, 2.05) is 41.1 Å². The zero-order valence-electron chi connectivity index (χ0n) is 13.9. The predicted octanol–water partition coefficient (Wildman–Crippen LogP) is 2.51. The normalized spacial score (nSPS) is 24.7. The molecule has 0 spiro atoms. The third-order valence-corrected chi connectivity index (χ3v) is 4.95. The molecule has 2 atom stereocenters. The highest BCUT2D eigenvalue weighted by atomic mass is 16.3. The van der Waals surface area contributed by atoms with Crippen LogP contribution in [0.25, 0.3) is 0 Å². The van der Waals surface area contributed by atoms with Crippen LogP contribution in [0.2, 0.25) is 0 Å².